The Morgan fingerprint density at radius 3 is 2.27 bits per heavy atom. The predicted molar refractivity (Wildman–Crippen MR) is 158 cm³/mol. The maximum atomic E-state index is 13.9. The number of nitrogens with one attached hydrogen (secondary N) is 1. The molecule has 2 aliphatic heterocycles. The number of likely N-dealkylation sites (tertiary alicyclic amines) is 1. The number of benzene rings is 1. The molecule has 1 N–H and O–H groups in total. The second-order valence-electron chi connectivity index (χ2n) is 11.6. The molecular formula is C30H42Cl2N5O3+. The number of carbonyl (C=O) groups excluding carboxylic acids is 2. The maximum absolute atomic E-state index is 13.9. The molecule has 2 saturated heterocycles. The van der Waals surface area contributed by atoms with Gasteiger partial charge in [-0.05, 0) is 37.0 Å². The van der Waals surface area contributed by atoms with Crippen LogP contribution in [0.3, 0.4) is 0 Å². The number of carbonyl (C=O) groups is 2. The molecule has 2 amide bonds. The summed E-state index contributed by atoms with van der Waals surface area (Å²) in [7, 11) is 5.55. The van der Waals surface area contributed by atoms with Gasteiger partial charge in [-0.3, -0.25) is 9.59 Å². The Hall–Kier alpha value is -2.39. The summed E-state index contributed by atoms with van der Waals surface area (Å²) in [5, 5.41) is 15.9. The fraction of sp³-hybridized carbons (Fsp3) is 0.567. The van der Waals surface area contributed by atoms with E-state index < -0.39 is 5.54 Å². The van der Waals surface area contributed by atoms with Gasteiger partial charge in [0.15, 0.2) is 17.9 Å². The Labute approximate surface area is 248 Å². The van der Waals surface area contributed by atoms with Crippen molar-refractivity contribution in [2.45, 2.75) is 50.0 Å². The Morgan fingerprint density at radius 2 is 1.68 bits per heavy atom. The number of amides is 2. The number of nitrogens with zero attached hydrogens (tertiary/aromatic N) is 4. The van der Waals surface area contributed by atoms with Crippen LogP contribution in [0.25, 0.3) is 0 Å². The third kappa shape index (κ3) is 6.40. The van der Waals surface area contributed by atoms with Gasteiger partial charge in [-0.1, -0.05) is 29.3 Å². The average molecular weight is 592 g/mol. The van der Waals surface area contributed by atoms with Gasteiger partial charge in [0.2, 0.25) is 0 Å². The number of hydrogen-bond donors (Lipinski definition) is 1. The van der Waals surface area contributed by atoms with Crippen molar-refractivity contribution >= 4 is 35.0 Å². The van der Waals surface area contributed by atoms with E-state index in [9.17, 15) is 14.8 Å². The number of piperidine rings is 2. The molecule has 0 saturated carbocycles. The minimum Gasteiger partial charge on any atom is -0.619 e. The molecule has 1 aromatic heterocycles. The number of hydrogen-bond acceptors (Lipinski definition) is 4. The Kier molecular flexibility index (Phi) is 9.98. The molecule has 1 aromatic carbocycles. The number of rotatable bonds is 9. The van der Waals surface area contributed by atoms with E-state index in [4.69, 9.17) is 23.2 Å². The van der Waals surface area contributed by atoms with Gasteiger partial charge in [0.1, 0.15) is 0 Å². The first-order valence-electron chi connectivity index (χ1n) is 14.3. The minimum absolute atomic E-state index is 0.0120. The van der Waals surface area contributed by atoms with Crippen molar-refractivity contribution < 1.29 is 18.8 Å². The van der Waals surface area contributed by atoms with Gasteiger partial charge in [-0.15, -0.1) is 0 Å². The number of aromatic nitrogens is 1. The highest BCUT2D eigenvalue weighted by atomic mass is 35.5. The third-order valence-electron chi connectivity index (χ3n) is 9.03. The molecule has 1 atom stereocenters. The van der Waals surface area contributed by atoms with Crippen LogP contribution in [0.15, 0.2) is 42.7 Å². The first-order chi connectivity index (χ1) is 19.1. The largest absolute Gasteiger partial charge is 0.619 e. The number of quaternary nitrogens is 1. The highest BCUT2D eigenvalue weighted by molar-refractivity contribution is 6.42. The summed E-state index contributed by atoms with van der Waals surface area (Å²) in [6.45, 7) is 4.97. The summed E-state index contributed by atoms with van der Waals surface area (Å²) in [4.78, 5) is 30.7. The third-order valence-corrected chi connectivity index (χ3v) is 9.76. The van der Waals surface area contributed by atoms with Gasteiger partial charge in [-0.2, -0.15) is 4.73 Å². The zero-order valence-corrected chi connectivity index (χ0v) is 25.4. The number of likely N-dealkylation sites (N-methyl/N-ethyl adjacent to an activating group) is 2. The summed E-state index contributed by atoms with van der Waals surface area (Å²) in [5.41, 5.74) is 1.04. The molecule has 1 unspecified atom stereocenters. The molecule has 0 spiro atoms. The van der Waals surface area contributed by atoms with Gasteiger partial charge < -0.3 is 24.8 Å². The monoisotopic (exact) mass is 590 g/mol. The fourth-order valence-electron chi connectivity index (χ4n) is 6.85. The van der Waals surface area contributed by atoms with Crippen LogP contribution in [0.2, 0.25) is 10.0 Å². The van der Waals surface area contributed by atoms with E-state index in [1.54, 1.807) is 29.0 Å². The molecule has 2 aromatic rings. The summed E-state index contributed by atoms with van der Waals surface area (Å²) >= 11 is 12.7. The molecule has 10 heteroatoms. The molecular weight excluding hydrogens is 549 g/mol. The molecule has 40 heavy (non-hydrogen) atoms. The first kappa shape index (κ1) is 30.6. The zero-order chi connectivity index (χ0) is 28.9. The van der Waals surface area contributed by atoms with E-state index in [0.717, 1.165) is 74.9 Å². The number of pyridine rings is 1. The van der Waals surface area contributed by atoms with Crippen molar-refractivity contribution in [2.24, 2.45) is 0 Å². The minimum atomic E-state index is -0.448. The van der Waals surface area contributed by atoms with Gasteiger partial charge in [0.05, 0.1) is 35.2 Å². The van der Waals surface area contributed by atoms with Crippen molar-refractivity contribution in [2.75, 3.05) is 60.4 Å². The predicted octanol–water partition coefficient (Wildman–Crippen LogP) is 4.08. The molecule has 4 rings (SSSR count). The van der Waals surface area contributed by atoms with Crippen LogP contribution in [-0.4, -0.2) is 92.0 Å². The van der Waals surface area contributed by atoms with Gasteiger partial charge in [0, 0.05) is 78.1 Å². The van der Waals surface area contributed by atoms with E-state index in [0.29, 0.717) is 26.9 Å². The Morgan fingerprint density at radius 1 is 1.02 bits per heavy atom. The van der Waals surface area contributed by atoms with Crippen LogP contribution in [0.5, 0.6) is 0 Å². The van der Waals surface area contributed by atoms with Crippen LogP contribution in [0, 0.1) is 5.21 Å². The molecule has 0 aliphatic carbocycles. The lowest BCUT2D eigenvalue weighted by Gasteiger charge is -2.56. The van der Waals surface area contributed by atoms with Crippen molar-refractivity contribution in [3.05, 3.63) is 69.1 Å². The Bertz CT molecular complexity index is 1180. The van der Waals surface area contributed by atoms with Crippen molar-refractivity contribution in [3.8, 4) is 0 Å². The molecule has 2 aliphatic rings. The van der Waals surface area contributed by atoms with E-state index in [1.165, 1.54) is 18.8 Å². The lowest BCUT2D eigenvalue weighted by molar-refractivity contribution is -0.972. The molecule has 0 bridgehead atoms. The molecule has 3 heterocycles. The SMILES string of the molecule is CN(C)C(=O)C1([N+]2(CCC(CN(C)C(=O)c3cc[n+]([O-])cc3)c3ccc(Cl)c(Cl)c3)CCCCC2)CCNCC1. The zero-order valence-electron chi connectivity index (χ0n) is 23.9. The van der Waals surface area contributed by atoms with E-state index in [-0.39, 0.29) is 17.7 Å². The fourth-order valence-corrected chi connectivity index (χ4v) is 7.16. The number of halogens is 2. The summed E-state index contributed by atoms with van der Waals surface area (Å²) in [6, 6.07) is 8.80. The average Bonchev–Trinajstić information content (AvgIpc) is 2.97. The lowest BCUT2D eigenvalue weighted by atomic mass is 9.79. The topological polar surface area (TPSA) is 79.6 Å². The van der Waals surface area contributed by atoms with Crippen LogP contribution < -0.4 is 10.0 Å². The highest BCUT2D eigenvalue weighted by Crippen LogP contribution is 2.40. The van der Waals surface area contributed by atoms with E-state index in [2.05, 4.69) is 5.32 Å². The van der Waals surface area contributed by atoms with Crippen LogP contribution in [-0.2, 0) is 4.79 Å². The van der Waals surface area contributed by atoms with Crippen LogP contribution in [0.1, 0.15) is 60.4 Å². The van der Waals surface area contributed by atoms with Crippen LogP contribution >= 0.6 is 23.2 Å². The van der Waals surface area contributed by atoms with Crippen molar-refractivity contribution in [1.29, 1.82) is 0 Å². The van der Waals surface area contributed by atoms with Crippen molar-refractivity contribution in [3.63, 3.8) is 0 Å². The highest BCUT2D eigenvalue weighted by Gasteiger charge is 2.57. The molecule has 0 radical (unpaired) electrons. The van der Waals surface area contributed by atoms with Crippen LogP contribution in [0.4, 0.5) is 0 Å². The van der Waals surface area contributed by atoms with Gasteiger partial charge in [0.25, 0.3) is 11.8 Å². The van der Waals surface area contributed by atoms with E-state index in [1.807, 2.05) is 32.3 Å². The quantitative estimate of drug-likeness (QED) is 0.271. The summed E-state index contributed by atoms with van der Waals surface area (Å²) in [5.74, 6) is 0.0705. The summed E-state index contributed by atoms with van der Waals surface area (Å²) < 4.78 is 1.46. The normalized spacial score (nSPS) is 19.0. The van der Waals surface area contributed by atoms with Crippen molar-refractivity contribution in [1.82, 2.24) is 15.1 Å². The Balaban J connectivity index is 1.65. The standard InChI is InChI=1S/C30H42Cl2N5O3/c1-34(2)29(39)30(12-14-33-15-13-30)37(18-5-4-6-19-37)20-11-25(24-7-8-26(31)27(32)21-24)22-35(3)28(38)23-9-16-36(40)17-10-23/h7-10,16-17,21,25,33H,4-6,11-15,18-20,22H2,1-3H3/q+1. The molecule has 8 nitrogen and oxygen atoms in total. The van der Waals surface area contributed by atoms with E-state index >= 15 is 0 Å². The molecule has 2 fully saturated rings. The first-order valence-corrected chi connectivity index (χ1v) is 15.0. The maximum Gasteiger partial charge on any atom is 0.283 e. The van der Waals surface area contributed by atoms with Gasteiger partial charge >= 0.3 is 0 Å². The summed E-state index contributed by atoms with van der Waals surface area (Å²) in [6.07, 6.45) is 8.53. The van der Waals surface area contributed by atoms with Gasteiger partial charge in [-0.25, -0.2) is 0 Å². The lowest BCUT2D eigenvalue weighted by Crippen LogP contribution is -2.74. The smallest absolute Gasteiger partial charge is 0.283 e. The molecule has 218 valence electrons. The second-order valence-corrected chi connectivity index (χ2v) is 12.5. The second kappa shape index (κ2) is 13.1.